The molecular weight excluding hydrogens is 221 g/mol. The molecule has 2 N–H and O–H groups in total. The maximum atomic E-state index is 13.3. The standard InChI is InChI=1S/C12H16FN3O/c13-9-8-14-7-5-10(9)16-12(17)11-4-2-1-3-6-15-11/h5,7-8,11,15H,1-4,6H2,(H,14,16,17). The zero-order chi connectivity index (χ0) is 12.1. The summed E-state index contributed by atoms with van der Waals surface area (Å²) in [7, 11) is 0. The van der Waals surface area contributed by atoms with Gasteiger partial charge in [0, 0.05) is 6.20 Å². The number of hydrogen-bond donors (Lipinski definition) is 2. The summed E-state index contributed by atoms with van der Waals surface area (Å²) < 4.78 is 13.3. The van der Waals surface area contributed by atoms with Crippen LogP contribution in [0.2, 0.25) is 0 Å². The monoisotopic (exact) mass is 237 g/mol. The van der Waals surface area contributed by atoms with E-state index >= 15 is 0 Å². The van der Waals surface area contributed by atoms with Crippen molar-refractivity contribution in [3.05, 3.63) is 24.3 Å². The lowest BCUT2D eigenvalue weighted by Crippen LogP contribution is -2.40. The molecule has 0 aromatic carbocycles. The second-order valence-electron chi connectivity index (χ2n) is 4.20. The second-order valence-corrected chi connectivity index (χ2v) is 4.20. The highest BCUT2D eigenvalue weighted by molar-refractivity contribution is 5.94. The lowest BCUT2D eigenvalue weighted by Gasteiger charge is -2.15. The van der Waals surface area contributed by atoms with Crippen LogP contribution in [0.4, 0.5) is 10.1 Å². The van der Waals surface area contributed by atoms with E-state index in [9.17, 15) is 9.18 Å². The first-order valence-electron chi connectivity index (χ1n) is 5.91. The van der Waals surface area contributed by atoms with Gasteiger partial charge in [0.05, 0.1) is 17.9 Å². The number of rotatable bonds is 2. The van der Waals surface area contributed by atoms with E-state index in [0.717, 1.165) is 38.4 Å². The van der Waals surface area contributed by atoms with Gasteiger partial charge in [0.15, 0.2) is 5.82 Å². The molecule has 2 heterocycles. The van der Waals surface area contributed by atoms with Crippen LogP contribution in [0.3, 0.4) is 0 Å². The number of hydrogen-bond acceptors (Lipinski definition) is 3. The van der Waals surface area contributed by atoms with Gasteiger partial charge in [-0.2, -0.15) is 0 Å². The molecule has 1 amide bonds. The van der Waals surface area contributed by atoms with Crippen molar-refractivity contribution in [3.63, 3.8) is 0 Å². The highest BCUT2D eigenvalue weighted by Gasteiger charge is 2.20. The fourth-order valence-electron chi connectivity index (χ4n) is 1.95. The molecule has 1 aliphatic heterocycles. The minimum atomic E-state index is -0.505. The van der Waals surface area contributed by atoms with Crippen LogP contribution in [0, 0.1) is 5.82 Å². The maximum Gasteiger partial charge on any atom is 0.241 e. The number of nitrogens with zero attached hydrogens (tertiary/aromatic N) is 1. The van der Waals surface area contributed by atoms with Crippen molar-refractivity contribution in [2.75, 3.05) is 11.9 Å². The van der Waals surface area contributed by atoms with Crippen LogP contribution in [0.5, 0.6) is 0 Å². The normalized spacial score (nSPS) is 20.6. The van der Waals surface area contributed by atoms with Crippen LogP contribution in [-0.4, -0.2) is 23.5 Å². The Kier molecular flexibility index (Phi) is 4.03. The Labute approximate surface area is 99.6 Å². The Morgan fingerprint density at radius 2 is 2.35 bits per heavy atom. The molecule has 2 rings (SSSR count). The molecule has 17 heavy (non-hydrogen) atoms. The minimum absolute atomic E-state index is 0.169. The van der Waals surface area contributed by atoms with E-state index in [1.54, 1.807) is 0 Å². The highest BCUT2D eigenvalue weighted by Crippen LogP contribution is 2.14. The van der Waals surface area contributed by atoms with Gasteiger partial charge in [0.1, 0.15) is 0 Å². The smallest absolute Gasteiger partial charge is 0.241 e. The zero-order valence-electron chi connectivity index (χ0n) is 9.58. The van der Waals surface area contributed by atoms with Gasteiger partial charge >= 0.3 is 0 Å². The van der Waals surface area contributed by atoms with E-state index in [1.807, 2.05) is 0 Å². The lowest BCUT2D eigenvalue weighted by molar-refractivity contribution is -0.118. The average molecular weight is 237 g/mol. The summed E-state index contributed by atoms with van der Waals surface area (Å²) in [5, 5.41) is 5.76. The van der Waals surface area contributed by atoms with Crippen LogP contribution in [0.1, 0.15) is 25.7 Å². The Morgan fingerprint density at radius 1 is 1.47 bits per heavy atom. The maximum absolute atomic E-state index is 13.3. The number of amides is 1. The molecule has 92 valence electrons. The van der Waals surface area contributed by atoms with Gasteiger partial charge in [-0.15, -0.1) is 0 Å². The van der Waals surface area contributed by atoms with Crippen LogP contribution < -0.4 is 10.6 Å². The second kappa shape index (κ2) is 5.72. The first-order chi connectivity index (χ1) is 8.27. The molecule has 5 heteroatoms. The minimum Gasteiger partial charge on any atom is -0.322 e. The van der Waals surface area contributed by atoms with Crippen LogP contribution in [0.15, 0.2) is 18.5 Å². The van der Waals surface area contributed by atoms with E-state index in [1.165, 1.54) is 12.3 Å². The van der Waals surface area contributed by atoms with Gasteiger partial charge < -0.3 is 10.6 Å². The zero-order valence-corrected chi connectivity index (χ0v) is 9.58. The van der Waals surface area contributed by atoms with Crippen LogP contribution in [-0.2, 0) is 4.79 Å². The molecule has 1 fully saturated rings. The largest absolute Gasteiger partial charge is 0.322 e. The molecule has 0 aliphatic carbocycles. The summed E-state index contributed by atoms with van der Waals surface area (Å²) in [4.78, 5) is 15.5. The van der Waals surface area contributed by atoms with Crippen molar-refractivity contribution < 1.29 is 9.18 Å². The fourth-order valence-corrected chi connectivity index (χ4v) is 1.95. The molecular formula is C12H16FN3O. The van der Waals surface area contributed by atoms with Crippen LogP contribution in [0.25, 0.3) is 0 Å². The third kappa shape index (κ3) is 3.23. The quantitative estimate of drug-likeness (QED) is 0.823. The number of aromatic nitrogens is 1. The van der Waals surface area contributed by atoms with Crippen molar-refractivity contribution in [2.24, 2.45) is 0 Å². The van der Waals surface area contributed by atoms with Gasteiger partial charge in [-0.05, 0) is 25.5 Å². The molecule has 0 spiro atoms. The number of nitrogens with one attached hydrogen (secondary N) is 2. The van der Waals surface area contributed by atoms with E-state index in [-0.39, 0.29) is 17.6 Å². The number of carbonyl (C=O) groups excluding carboxylic acids is 1. The van der Waals surface area contributed by atoms with Gasteiger partial charge in [0.25, 0.3) is 0 Å². The Balaban J connectivity index is 1.98. The van der Waals surface area contributed by atoms with Crippen molar-refractivity contribution in [3.8, 4) is 0 Å². The number of halogens is 1. The third-order valence-corrected chi connectivity index (χ3v) is 2.91. The summed E-state index contributed by atoms with van der Waals surface area (Å²) in [6.07, 6.45) is 6.62. The summed E-state index contributed by atoms with van der Waals surface area (Å²) in [6.45, 7) is 0.844. The fraction of sp³-hybridized carbons (Fsp3) is 0.500. The predicted octanol–water partition coefficient (Wildman–Crippen LogP) is 1.69. The van der Waals surface area contributed by atoms with E-state index in [4.69, 9.17) is 0 Å². The molecule has 1 aromatic rings. The molecule has 0 saturated carbocycles. The first kappa shape index (κ1) is 12.0. The number of anilines is 1. The van der Waals surface area contributed by atoms with Gasteiger partial charge in [0.2, 0.25) is 5.91 Å². The van der Waals surface area contributed by atoms with Gasteiger partial charge in [-0.3, -0.25) is 9.78 Å². The molecule has 1 atom stereocenters. The van der Waals surface area contributed by atoms with Crippen molar-refractivity contribution >= 4 is 11.6 Å². The number of carbonyl (C=O) groups is 1. The predicted molar refractivity (Wildman–Crippen MR) is 63.1 cm³/mol. The topological polar surface area (TPSA) is 54.0 Å². The van der Waals surface area contributed by atoms with Crippen molar-refractivity contribution in [1.29, 1.82) is 0 Å². The molecule has 0 radical (unpaired) electrons. The average Bonchev–Trinajstić information content (AvgIpc) is 2.61. The van der Waals surface area contributed by atoms with Crippen molar-refractivity contribution in [2.45, 2.75) is 31.7 Å². The molecule has 0 bridgehead atoms. The Bertz CT molecular complexity index is 389. The Hall–Kier alpha value is -1.49. The Morgan fingerprint density at radius 3 is 3.18 bits per heavy atom. The van der Waals surface area contributed by atoms with E-state index < -0.39 is 5.82 Å². The molecule has 4 nitrogen and oxygen atoms in total. The first-order valence-corrected chi connectivity index (χ1v) is 5.91. The molecule has 1 saturated heterocycles. The van der Waals surface area contributed by atoms with Crippen LogP contribution >= 0.6 is 0 Å². The molecule has 1 aliphatic rings. The van der Waals surface area contributed by atoms with Gasteiger partial charge in [-0.25, -0.2) is 4.39 Å². The van der Waals surface area contributed by atoms with Gasteiger partial charge in [-0.1, -0.05) is 12.8 Å². The van der Waals surface area contributed by atoms with E-state index in [0.29, 0.717) is 0 Å². The third-order valence-electron chi connectivity index (χ3n) is 2.91. The summed E-state index contributed by atoms with van der Waals surface area (Å²) in [5.74, 6) is -0.675. The molecule has 1 aromatic heterocycles. The SMILES string of the molecule is O=C(Nc1ccncc1F)C1CCCCCN1. The number of pyridine rings is 1. The summed E-state index contributed by atoms with van der Waals surface area (Å²) >= 11 is 0. The highest BCUT2D eigenvalue weighted by atomic mass is 19.1. The lowest BCUT2D eigenvalue weighted by atomic mass is 10.1. The van der Waals surface area contributed by atoms with E-state index in [2.05, 4.69) is 15.6 Å². The summed E-state index contributed by atoms with van der Waals surface area (Å²) in [5.41, 5.74) is 0.191. The summed E-state index contributed by atoms with van der Waals surface area (Å²) in [6, 6.07) is 1.24. The molecule has 1 unspecified atom stereocenters. The van der Waals surface area contributed by atoms with Crippen molar-refractivity contribution in [1.82, 2.24) is 10.3 Å².